The molecule has 3 rings (SSSR count). The Bertz CT molecular complexity index is 947. The van der Waals surface area contributed by atoms with Crippen molar-refractivity contribution in [1.29, 1.82) is 0 Å². The van der Waals surface area contributed by atoms with E-state index in [4.69, 9.17) is 27.9 Å². The lowest BCUT2D eigenvalue weighted by Gasteiger charge is -2.32. The van der Waals surface area contributed by atoms with E-state index < -0.39 is 24.2 Å². The molecular formula is C16H13Cl2F3N4O3. The first kappa shape index (κ1) is 20.4. The second kappa shape index (κ2) is 7.26. The topological polar surface area (TPSA) is 80.0 Å². The van der Waals surface area contributed by atoms with Gasteiger partial charge < -0.3 is 9.84 Å². The molecule has 12 heteroatoms. The molecular weight excluding hydrogens is 424 g/mol. The van der Waals surface area contributed by atoms with Crippen molar-refractivity contribution in [1.82, 2.24) is 14.8 Å². The molecule has 7 nitrogen and oxygen atoms in total. The van der Waals surface area contributed by atoms with Crippen molar-refractivity contribution < 1.29 is 27.8 Å². The highest BCUT2D eigenvalue weighted by Crippen LogP contribution is 2.40. The molecule has 0 saturated carbocycles. The zero-order valence-corrected chi connectivity index (χ0v) is 15.8. The molecule has 1 atom stereocenters. The van der Waals surface area contributed by atoms with E-state index in [0.29, 0.717) is 10.8 Å². The number of rotatable bonds is 4. The van der Waals surface area contributed by atoms with Crippen LogP contribution in [-0.2, 0) is 6.73 Å². The summed E-state index contributed by atoms with van der Waals surface area (Å²) in [5, 5.41) is 18.1. The minimum absolute atomic E-state index is 0.00588. The summed E-state index contributed by atoms with van der Waals surface area (Å²) < 4.78 is 46.3. The highest BCUT2D eigenvalue weighted by atomic mass is 35.5. The number of carbonyl (C=O) groups is 1. The zero-order valence-electron chi connectivity index (χ0n) is 14.2. The van der Waals surface area contributed by atoms with Gasteiger partial charge in [0.25, 0.3) is 11.6 Å². The number of alkyl halides is 3. The summed E-state index contributed by atoms with van der Waals surface area (Å²) >= 11 is 11.8. The van der Waals surface area contributed by atoms with E-state index in [1.165, 1.54) is 36.0 Å². The van der Waals surface area contributed by atoms with Crippen LogP contribution in [0, 0.1) is 0 Å². The Balaban J connectivity index is 1.75. The maximum atomic E-state index is 13.2. The summed E-state index contributed by atoms with van der Waals surface area (Å²) in [6.45, 7) is 1.12. The Morgan fingerprint density at radius 3 is 2.71 bits per heavy atom. The second-order valence-corrected chi connectivity index (χ2v) is 6.88. The standard InChI is InChI=1S/C16H13Cl2F3N4O3/c1-9-7-15(27,16(19,20)21)25(22-9)14(26)12-4-5-24(23-12)8-28-13-3-2-10(17)6-11(13)18/h2-6,27H,7-8H2,1H3. The first-order valence-electron chi connectivity index (χ1n) is 7.80. The molecule has 1 N–H and O–H groups in total. The van der Waals surface area contributed by atoms with E-state index in [-0.39, 0.29) is 28.2 Å². The van der Waals surface area contributed by atoms with Crippen LogP contribution in [0.5, 0.6) is 5.75 Å². The molecule has 2 heterocycles. The largest absolute Gasteiger partial charge is 0.470 e. The highest BCUT2D eigenvalue weighted by Gasteiger charge is 2.63. The van der Waals surface area contributed by atoms with Crippen molar-refractivity contribution in [2.24, 2.45) is 5.10 Å². The van der Waals surface area contributed by atoms with Crippen molar-refractivity contribution in [3.8, 4) is 5.75 Å². The van der Waals surface area contributed by atoms with Crippen LogP contribution in [0.25, 0.3) is 0 Å². The van der Waals surface area contributed by atoms with Crippen molar-refractivity contribution in [3.63, 3.8) is 0 Å². The van der Waals surface area contributed by atoms with Gasteiger partial charge in [-0.05, 0) is 31.2 Å². The van der Waals surface area contributed by atoms with Crippen LogP contribution in [0.4, 0.5) is 13.2 Å². The van der Waals surface area contributed by atoms with Crippen molar-refractivity contribution in [2.45, 2.75) is 32.0 Å². The van der Waals surface area contributed by atoms with E-state index in [1.54, 1.807) is 6.07 Å². The first-order chi connectivity index (χ1) is 13.0. The minimum atomic E-state index is -5.08. The third-order valence-corrected chi connectivity index (χ3v) is 4.41. The molecule has 1 unspecified atom stereocenters. The fraction of sp³-hybridized carbons (Fsp3) is 0.312. The number of hydrogen-bond donors (Lipinski definition) is 1. The van der Waals surface area contributed by atoms with Crippen LogP contribution >= 0.6 is 23.2 Å². The van der Waals surface area contributed by atoms with Crippen LogP contribution in [0.1, 0.15) is 23.8 Å². The van der Waals surface area contributed by atoms with Crippen LogP contribution < -0.4 is 4.74 Å². The predicted octanol–water partition coefficient (Wildman–Crippen LogP) is 3.70. The van der Waals surface area contributed by atoms with Gasteiger partial charge in [-0.3, -0.25) is 4.79 Å². The van der Waals surface area contributed by atoms with Gasteiger partial charge >= 0.3 is 6.18 Å². The Morgan fingerprint density at radius 2 is 2.07 bits per heavy atom. The fourth-order valence-corrected chi connectivity index (χ4v) is 3.00. The highest BCUT2D eigenvalue weighted by molar-refractivity contribution is 6.35. The van der Waals surface area contributed by atoms with E-state index in [2.05, 4.69) is 10.2 Å². The van der Waals surface area contributed by atoms with Gasteiger partial charge in [-0.2, -0.15) is 28.4 Å². The number of hydrazone groups is 1. The van der Waals surface area contributed by atoms with Crippen LogP contribution in [0.3, 0.4) is 0 Å². The van der Waals surface area contributed by atoms with Crippen molar-refractivity contribution in [2.75, 3.05) is 0 Å². The van der Waals surface area contributed by atoms with Gasteiger partial charge in [-0.1, -0.05) is 23.2 Å². The number of carbonyl (C=O) groups excluding carboxylic acids is 1. The number of hydrogen-bond acceptors (Lipinski definition) is 5. The minimum Gasteiger partial charge on any atom is -0.470 e. The number of amides is 1. The SMILES string of the molecule is CC1=NN(C(=O)c2ccn(COc3ccc(Cl)cc3Cl)n2)C(O)(C(F)(F)F)C1. The number of ether oxygens (including phenoxy) is 1. The summed E-state index contributed by atoms with van der Waals surface area (Å²) in [4.78, 5) is 12.4. The monoisotopic (exact) mass is 436 g/mol. The normalized spacial score (nSPS) is 19.7. The molecule has 1 aromatic carbocycles. The lowest BCUT2D eigenvalue weighted by atomic mass is 10.1. The van der Waals surface area contributed by atoms with Gasteiger partial charge in [-0.15, -0.1) is 0 Å². The summed E-state index contributed by atoms with van der Waals surface area (Å²) in [5.74, 6) is -0.888. The van der Waals surface area contributed by atoms with E-state index >= 15 is 0 Å². The van der Waals surface area contributed by atoms with Gasteiger partial charge in [0.2, 0.25) is 0 Å². The Labute approximate surface area is 166 Å². The number of benzene rings is 1. The van der Waals surface area contributed by atoms with Crippen LogP contribution in [0.15, 0.2) is 35.6 Å². The second-order valence-electron chi connectivity index (χ2n) is 6.03. The zero-order chi connectivity index (χ0) is 20.7. The van der Waals surface area contributed by atoms with E-state index in [0.717, 1.165) is 0 Å². The van der Waals surface area contributed by atoms with Gasteiger partial charge in [-0.25, -0.2) is 4.68 Å². The summed E-state index contributed by atoms with van der Waals surface area (Å²) in [6.07, 6.45) is -4.58. The Morgan fingerprint density at radius 1 is 1.36 bits per heavy atom. The molecule has 28 heavy (non-hydrogen) atoms. The average molecular weight is 437 g/mol. The van der Waals surface area contributed by atoms with Crippen molar-refractivity contribution >= 4 is 34.8 Å². The molecule has 0 aliphatic carbocycles. The maximum Gasteiger partial charge on any atom is 0.438 e. The predicted molar refractivity (Wildman–Crippen MR) is 94.2 cm³/mol. The number of halogens is 5. The summed E-state index contributed by atoms with van der Waals surface area (Å²) in [7, 11) is 0. The molecule has 1 amide bonds. The van der Waals surface area contributed by atoms with E-state index in [1.807, 2.05) is 0 Å². The molecule has 0 saturated heterocycles. The molecule has 0 bridgehead atoms. The number of nitrogens with zero attached hydrogens (tertiary/aromatic N) is 4. The summed E-state index contributed by atoms with van der Waals surface area (Å²) in [5.41, 5.74) is -3.79. The molecule has 1 aliphatic heterocycles. The van der Waals surface area contributed by atoms with Gasteiger partial charge in [0.05, 0.1) is 5.02 Å². The fourth-order valence-electron chi connectivity index (χ4n) is 2.54. The van der Waals surface area contributed by atoms with Gasteiger partial charge in [0.15, 0.2) is 12.4 Å². The molecule has 2 aromatic rings. The van der Waals surface area contributed by atoms with Crippen molar-refractivity contribution in [3.05, 3.63) is 46.2 Å². The van der Waals surface area contributed by atoms with Gasteiger partial charge in [0.1, 0.15) is 5.75 Å². The lowest BCUT2D eigenvalue weighted by Crippen LogP contribution is -2.56. The molecule has 0 radical (unpaired) electrons. The molecule has 1 aliphatic rings. The third kappa shape index (κ3) is 3.80. The average Bonchev–Trinajstić information content (AvgIpc) is 3.18. The molecule has 0 spiro atoms. The van der Waals surface area contributed by atoms with Crippen LogP contribution in [0.2, 0.25) is 10.0 Å². The molecule has 150 valence electrons. The Kier molecular flexibility index (Phi) is 5.30. The molecule has 1 aromatic heterocycles. The smallest absolute Gasteiger partial charge is 0.438 e. The van der Waals surface area contributed by atoms with Crippen LogP contribution in [-0.4, -0.2) is 43.4 Å². The summed E-state index contributed by atoms with van der Waals surface area (Å²) in [6, 6.07) is 5.76. The lowest BCUT2D eigenvalue weighted by molar-refractivity contribution is -0.297. The Hall–Kier alpha value is -2.30. The van der Waals surface area contributed by atoms with E-state index in [9.17, 15) is 23.1 Å². The number of aliphatic hydroxyl groups is 1. The number of aromatic nitrogens is 2. The third-order valence-electron chi connectivity index (χ3n) is 3.88. The van der Waals surface area contributed by atoms with Gasteiger partial charge in [0, 0.05) is 23.4 Å². The maximum absolute atomic E-state index is 13.2. The quantitative estimate of drug-likeness (QED) is 0.792. The first-order valence-corrected chi connectivity index (χ1v) is 8.56. The molecule has 0 fully saturated rings.